The van der Waals surface area contributed by atoms with Crippen molar-refractivity contribution in [3.63, 3.8) is 0 Å². The monoisotopic (exact) mass is 562 g/mol. The summed E-state index contributed by atoms with van der Waals surface area (Å²) in [4.78, 5) is 20.9. The molecule has 5 rings (SSSR count). The molecule has 1 aliphatic heterocycles. The number of piperazine rings is 1. The van der Waals surface area contributed by atoms with E-state index in [0.717, 1.165) is 54.1 Å². The lowest BCUT2D eigenvalue weighted by Crippen LogP contribution is -2.54. The quantitative estimate of drug-likeness (QED) is 0.381. The number of benzene rings is 2. The molecule has 1 amide bonds. The van der Waals surface area contributed by atoms with Crippen LogP contribution in [0.2, 0.25) is 0 Å². The highest BCUT2D eigenvalue weighted by Gasteiger charge is 2.42. The van der Waals surface area contributed by atoms with Gasteiger partial charge in [0.05, 0.1) is 38.4 Å². The van der Waals surface area contributed by atoms with E-state index in [2.05, 4.69) is 5.32 Å². The van der Waals surface area contributed by atoms with Crippen molar-refractivity contribution in [2.24, 2.45) is 0 Å². The zero-order valence-electron chi connectivity index (χ0n) is 24.3. The standard InChI is InChI=1S/C32H42N4O5/c1-23-19-26(40-3)12-13-27(23)41-18-14-25-20-33-16-17-35(25)31(37)29-30(24-9-5-4-6-10-24)36(22-34-29)28-11-7-8-15-32(28,38)21-39-2/h4-6,9-10,12-13,19,22,25,28,33,38H,7-8,11,14-18,20-21H2,1-3H3/t25-,28-,32-/m1/s1. The van der Waals surface area contributed by atoms with Gasteiger partial charge in [0, 0.05) is 44.8 Å². The maximum absolute atomic E-state index is 14.2. The number of nitrogens with zero attached hydrogens (tertiary/aromatic N) is 3. The lowest BCUT2D eigenvalue weighted by Gasteiger charge is -2.41. The van der Waals surface area contributed by atoms with Crippen LogP contribution in [0.4, 0.5) is 0 Å². The number of rotatable bonds is 10. The van der Waals surface area contributed by atoms with Gasteiger partial charge in [0.2, 0.25) is 0 Å². The van der Waals surface area contributed by atoms with Gasteiger partial charge in [-0.3, -0.25) is 4.79 Å². The van der Waals surface area contributed by atoms with Gasteiger partial charge in [-0.05, 0) is 43.5 Å². The molecule has 9 heteroatoms. The first-order chi connectivity index (χ1) is 19.9. The first-order valence-electron chi connectivity index (χ1n) is 14.6. The Bertz CT molecular complexity index is 1310. The van der Waals surface area contributed by atoms with Crippen molar-refractivity contribution >= 4 is 5.91 Å². The average molecular weight is 563 g/mol. The molecular formula is C32H42N4O5. The number of hydrogen-bond acceptors (Lipinski definition) is 7. The van der Waals surface area contributed by atoms with Crippen LogP contribution in [0.25, 0.3) is 11.3 Å². The van der Waals surface area contributed by atoms with Gasteiger partial charge in [0.15, 0.2) is 5.69 Å². The second-order valence-electron chi connectivity index (χ2n) is 11.1. The van der Waals surface area contributed by atoms with E-state index in [-0.39, 0.29) is 24.6 Å². The van der Waals surface area contributed by atoms with E-state index in [9.17, 15) is 9.90 Å². The Morgan fingerprint density at radius 2 is 2.00 bits per heavy atom. The number of aromatic nitrogens is 2. The number of aryl methyl sites for hydroxylation is 1. The fraction of sp³-hybridized carbons (Fsp3) is 0.500. The SMILES string of the molecule is COC[C@]1(O)CCCC[C@H]1n1cnc(C(=O)N2CCNC[C@H]2CCOc2ccc(OC)cc2C)c1-c1ccccc1. The Hall–Kier alpha value is -3.40. The molecule has 2 fully saturated rings. The predicted octanol–water partition coefficient (Wildman–Crippen LogP) is 4.24. The lowest BCUT2D eigenvalue weighted by atomic mass is 9.80. The van der Waals surface area contributed by atoms with Gasteiger partial charge in [-0.1, -0.05) is 43.2 Å². The highest BCUT2D eigenvalue weighted by Crippen LogP contribution is 2.41. The molecular weight excluding hydrogens is 520 g/mol. The van der Waals surface area contributed by atoms with Crippen molar-refractivity contribution in [2.45, 2.75) is 56.7 Å². The molecule has 2 heterocycles. The van der Waals surface area contributed by atoms with E-state index in [1.165, 1.54) is 0 Å². The smallest absolute Gasteiger partial charge is 0.275 e. The van der Waals surface area contributed by atoms with Gasteiger partial charge in [-0.2, -0.15) is 0 Å². The minimum atomic E-state index is -1.02. The molecule has 2 aliphatic rings. The van der Waals surface area contributed by atoms with Crippen LogP contribution in [0.1, 0.15) is 54.2 Å². The molecule has 0 bridgehead atoms. The molecule has 2 aromatic carbocycles. The van der Waals surface area contributed by atoms with Gasteiger partial charge in [-0.25, -0.2) is 4.98 Å². The number of aliphatic hydroxyl groups is 1. The summed E-state index contributed by atoms with van der Waals surface area (Å²) in [6, 6.07) is 15.4. The van der Waals surface area contributed by atoms with E-state index in [1.54, 1.807) is 20.5 Å². The Morgan fingerprint density at radius 3 is 2.76 bits per heavy atom. The van der Waals surface area contributed by atoms with E-state index in [1.807, 2.05) is 64.9 Å². The fourth-order valence-electron chi connectivity index (χ4n) is 6.29. The van der Waals surface area contributed by atoms with Gasteiger partial charge >= 0.3 is 0 Å². The van der Waals surface area contributed by atoms with E-state index < -0.39 is 5.60 Å². The van der Waals surface area contributed by atoms with Crippen LogP contribution in [0.15, 0.2) is 54.9 Å². The number of ether oxygens (including phenoxy) is 3. The van der Waals surface area contributed by atoms with Crippen LogP contribution < -0.4 is 14.8 Å². The molecule has 0 unspecified atom stereocenters. The number of amides is 1. The van der Waals surface area contributed by atoms with Crippen LogP contribution >= 0.6 is 0 Å². The van der Waals surface area contributed by atoms with Gasteiger partial charge < -0.3 is 34.1 Å². The molecule has 1 aromatic heterocycles. The van der Waals surface area contributed by atoms with Crippen LogP contribution in [-0.2, 0) is 4.74 Å². The number of carbonyl (C=O) groups is 1. The summed E-state index contributed by atoms with van der Waals surface area (Å²) >= 11 is 0. The largest absolute Gasteiger partial charge is 0.497 e. The molecule has 1 saturated carbocycles. The zero-order chi connectivity index (χ0) is 28.8. The van der Waals surface area contributed by atoms with Crippen molar-refractivity contribution in [1.29, 1.82) is 0 Å². The summed E-state index contributed by atoms with van der Waals surface area (Å²) in [5.41, 5.74) is 2.06. The first-order valence-corrected chi connectivity index (χ1v) is 14.6. The highest BCUT2D eigenvalue weighted by atomic mass is 16.5. The zero-order valence-corrected chi connectivity index (χ0v) is 24.3. The van der Waals surface area contributed by atoms with E-state index in [4.69, 9.17) is 19.2 Å². The van der Waals surface area contributed by atoms with Gasteiger partial charge in [-0.15, -0.1) is 0 Å². The molecule has 0 spiro atoms. The Balaban J connectivity index is 1.40. The Morgan fingerprint density at radius 1 is 1.17 bits per heavy atom. The summed E-state index contributed by atoms with van der Waals surface area (Å²) in [5.74, 6) is 1.51. The lowest BCUT2D eigenvalue weighted by molar-refractivity contribution is -0.0893. The summed E-state index contributed by atoms with van der Waals surface area (Å²) in [6.07, 6.45) is 5.80. The number of hydrogen-bond donors (Lipinski definition) is 2. The maximum Gasteiger partial charge on any atom is 0.275 e. The van der Waals surface area contributed by atoms with Crippen LogP contribution in [0, 0.1) is 6.92 Å². The minimum Gasteiger partial charge on any atom is -0.497 e. The minimum absolute atomic E-state index is 0.0383. The van der Waals surface area contributed by atoms with Crippen molar-refractivity contribution in [3.8, 4) is 22.8 Å². The highest BCUT2D eigenvalue weighted by molar-refractivity contribution is 5.98. The Kier molecular flexibility index (Phi) is 9.27. The molecule has 3 aromatic rings. The average Bonchev–Trinajstić information content (AvgIpc) is 3.43. The first kappa shape index (κ1) is 29.1. The molecule has 3 atom stereocenters. The van der Waals surface area contributed by atoms with Crippen molar-refractivity contribution < 1.29 is 24.1 Å². The normalized spacial score (nSPS) is 22.9. The second-order valence-corrected chi connectivity index (χ2v) is 11.1. The predicted molar refractivity (Wildman–Crippen MR) is 158 cm³/mol. The summed E-state index contributed by atoms with van der Waals surface area (Å²) in [7, 11) is 3.27. The van der Waals surface area contributed by atoms with E-state index in [0.29, 0.717) is 38.2 Å². The molecule has 41 heavy (non-hydrogen) atoms. The summed E-state index contributed by atoms with van der Waals surface area (Å²) in [5, 5.41) is 15.1. The number of nitrogens with one attached hydrogen (secondary N) is 1. The van der Waals surface area contributed by atoms with Crippen molar-refractivity contribution in [1.82, 2.24) is 19.8 Å². The topological polar surface area (TPSA) is 98.1 Å². The second kappa shape index (κ2) is 13.1. The molecule has 2 N–H and O–H groups in total. The molecule has 0 radical (unpaired) electrons. The third-order valence-electron chi connectivity index (χ3n) is 8.43. The van der Waals surface area contributed by atoms with Crippen molar-refractivity contribution in [2.75, 3.05) is 47.1 Å². The van der Waals surface area contributed by atoms with Crippen molar-refractivity contribution in [3.05, 3.63) is 66.1 Å². The van der Waals surface area contributed by atoms with Gasteiger partial charge in [0.25, 0.3) is 5.91 Å². The number of imidazole rings is 1. The van der Waals surface area contributed by atoms with Crippen LogP contribution in [0.3, 0.4) is 0 Å². The molecule has 9 nitrogen and oxygen atoms in total. The molecule has 1 saturated heterocycles. The Labute approximate surface area is 242 Å². The summed E-state index contributed by atoms with van der Waals surface area (Å²) < 4.78 is 18.9. The molecule has 1 aliphatic carbocycles. The third kappa shape index (κ3) is 6.27. The van der Waals surface area contributed by atoms with Crippen LogP contribution in [0.5, 0.6) is 11.5 Å². The van der Waals surface area contributed by atoms with Crippen LogP contribution in [-0.4, -0.2) is 84.2 Å². The third-order valence-corrected chi connectivity index (χ3v) is 8.43. The van der Waals surface area contributed by atoms with Gasteiger partial charge in [0.1, 0.15) is 17.1 Å². The fourth-order valence-corrected chi connectivity index (χ4v) is 6.29. The summed E-state index contributed by atoms with van der Waals surface area (Å²) in [6.45, 7) is 4.71. The maximum atomic E-state index is 14.2. The number of methoxy groups -OCH3 is 2. The number of carbonyl (C=O) groups excluding carboxylic acids is 1. The van der Waals surface area contributed by atoms with E-state index >= 15 is 0 Å². The molecule has 220 valence electrons.